The topological polar surface area (TPSA) is 109 Å². The lowest BCUT2D eigenvalue weighted by molar-refractivity contribution is 0.0661. The van der Waals surface area contributed by atoms with E-state index in [9.17, 15) is 9.59 Å². The molecule has 0 aliphatic heterocycles. The molecule has 0 amide bonds. The number of aromatic amines is 1. The summed E-state index contributed by atoms with van der Waals surface area (Å²) in [6.45, 7) is 1.72. The van der Waals surface area contributed by atoms with Gasteiger partial charge in [-0.1, -0.05) is 11.8 Å². The molecule has 0 atom stereocenters. The van der Waals surface area contributed by atoms with Gasteiger partial charge in [0.25, 0.3) is 0 Å². The van der Waals surface area contributed by atoms with Crippen LogP contribution in [0.2, 0.25) is 0 Å². The number of rotatable bonds is 4. The summed E-state index contributed by atoms with van der Waals surface area (Å²) in [4.78, 5) is 25.4. The van der Waals surface area contributed by atoms with Crippen LogP contribution in [-0.4, -0.2) is 26.3 Å². The van der Waals surface area contributed by atoms with Gasteiger partial charge in [-0.2, -0.15) is 10.1 Å². The van der Waals surface area contributed by atoms with Crippen molar-refractivity contribution in [3.8, 4) is 0 Å². The fraction of sp³-hybridized carbons (Fsp3) is 0.200. The second-order valence-corrected chi connectivity index (χ2v) is 4.35. The number of hydrogen-bond donors (Lipinski definition) is 2. The number of carboxylic acid groups (broad SMARTS) is 1. The number of carboxylic acids is 1. The largest absolute Gasteiger partial charge is 0.475 e. The first kappa shape index (κ1) is 12.4. The molecule has 2 rings (SSSR count). The third kappa shape index (κ3) is 2.77. The highest BCUT2D eigenvalue weighted by atomic mass is 32.2. The van der Waals surface area contributed by atoms with Gasteiger partial charge in [0.1, 0.15) is 10.8 Å². The van der Waals surface area contributed by atoms with E-state index >= 15 is 0 Å². The molecule has 0 aliphatic carbocycles. The van der Waals surface area contributed by atoms with Gasteiger partial charge in [0.2, 0.25) is 5.76 Å². The van der Waals surface area contributed by atoms with E-state index in [1.165, 1.54) is 17.8 Å². The van der Waals surface area contributed by atoms with Crippen LogP contribution in [-0.2, 0) is 5.75 Å². The highest BCUT2D eigenvalue weighted by molar-refractivity contribution is 7.98. The first-order chi connectivity index (χ1) is 8.56. The van der Waals surface area contributed by atoms with Crippen LogP contribution in [0.5, 0.6) is 0 Å². The number of aryl methyl sites for hydroxylation is 1. The van der Waals surface area contributed by atoms with Crippen LogP contribution in [0.4, 0.5) is 0 Å². The number of hydrogen-bond acceptors (Lipinski definition) is 6. The van der Waals surface area contributed by atoms with Gasteiger partial charge in [-0.3, -0.25) is 0 Å². The van der Waals surface area contributed by atoms with Crippen LogP contribution in [0.15, 0.2) is 26.4 Å². The molecule has 0 saturated heterocycles. The van der Waals surface area contributed by atoms with Gasteiger partial charge < -0.3 is 9.52 Å². The van der Waals surface area contributed by atoms with Crippen molar-refractivity contribution < 1.29 is 14.3 Å². The monoisotopic (exact) mass is 267 g/mol. The van der Waals surface area contributed by atoms with E-state index in [4.69, 9.17) is 9.52 Å². The van der Waals surface area contributed by atoms with Crippen LogP contribution in [0, 0.1) is 6.92 Å². The lowest BCUT2D eigenvalue weighted by atomic mass is 10.4. The number of carbonyl (C=O) groups is 1. The molecule has 0 radical (unpaired) electrons. The first-order valence-corrected chi connectivity index (χ1v) is 5.93. The van der Waals surface area contributed by atoms with Crippen molar-refractivity contribution in [2.24, 2.45) is 0 Å². The zero-order valence-electron chi connectivity index (χ0n) is 9.34. The Morgan fingerprint density at radius 2 is 2.33 bits per heavy atom. The fourth-order valence-corrected chi connectivity index (χ4v) is 2.06. The van der Waals surface area contributed by atoms with Gasteiger partial charge in [-0.05, 0) is 19.1 Å². The number of aromatic carboxylic acids is 1. The van der Waals surface area contributed by atoms with E-state index in [2.05, 4.69) is 15.2 Å². The summed E-state index contributed by atoms with van der Waals surface area (Å²) in [5.74, 6) is -0.344. The molecular formula is C10H9N3O4S. The molecule has 0 aliphatic rings. The van der Waals surface area contributed by atoms with Gasteiger partial charge >= 0.3 is 11.7 Å². The number of nitrogens with zero attached hydrogens (tertiary/aromatic N) is 2. The van der Waals surface area contributed by atoms with E-state index in [-0.39, 0.29) is 5.76 Å². The average molecular weight is 267 g/mol. The molecule has 0 unspecified atom stereocenters. The predicted octanol–water partition coefficient (Wildman–Crippen LogP) is 1.06. The molecule has 0 saturated carbocycles. The van der Waals surface area contributed by atoms with Crippen molar-refractivity contribution in [1.29, 1.82) is 0 Å². The number of H-pyrrole nitrogens is 1. The molecule has 2 N–H and O–H groups in total. The average Bonchev–Trinajstić information content (AvgIpc) is 2.79. The lowest BCUT2D eigenvalue weighted by Gasteiger charge is -2.00. The van der Waals surface area contributed by atoms with Crippen LogP contribution >= 0.6 is 11.8 Å². The van der Waals surface area contributed by atoms with Crippen molar-refractivity contribution >= 4 is 17.7 Å². The smallest absolute Gasteiger partial charge is 0.371 e. The molecule has 18 heavy (non-hydrogen) atoms. The van der Waals surface area contributed by atoms with Crippen LogP contribution < -0.4 is 5.69 Å². The molecule has 94 valence electrons. The summed E-state index contributed by atoms with van der Waals surface area (Å²) in [6, 6.07) is 2.96. The van der Waals surface area contributed by atoms with Crippen LogP contribution in [0.25, 0.3) is 0 Å². The number of thioether (sulfide) groups is 1. The van der Waals surface area contributed by atoms with Crippen molar-refractivity contribution in [2.75, 3.05) is 0 Å². The Labute approximate surface area is 105 Å². The molecule has 2 heterocycles. The number of furan rings is 1. The van der Waals surface area contributed by atoms with Crippen LogP contribution in [0.1, 0.15) is 22.0 Å². The van der Waals surface area contributed by atoms with E-state index in [0.717, 1.165) is 0 Å². The van der Waals surface area contributed by atoms with Gasteiger partial charge in [0.05, 0.1) is 11.4 Å². The molecule has 0 bridgehead atoms. The summed E-state index contributed by atoms with van der Waals surface area (Å²) in [6.07, 6.45) is 0. The molecule has 0 aromatic carbocycles. The Kier molecular flexibility index (Phi) is 3.47. The van der Waals surface area contributed by atoms with Gasteiger partial charge in [0.15, 0.2) is 0 Å². The summed E-state index contributed by atoms with van der Waals surface area (Å²) in [7, 11) is 0. The SMILES string of the molecule is Cc1n[nH]c(=O)nc1SCc1ccc(C(=O)O)o1. The Morgan fingerprint density at radius 1 is 1.56 bits per heavy atom. The highest BCUT2D eigenvalue weighted by Gasteiger charge is 2.10. The quantitative estimate of drug-likeness (QED) is 0.797. The van der Waals surface area contributed by atoms with Crippen LogP contribution in [0.3, 0.4) is 0 Å². The Balaban J connectivity index is 2.08. The molecule has 2 aromatic rings. The van der Waals surface area contributed by atoms with Gasteiger partial charge in [-0.25, -0.2) is 14.7 Å². The predicted molar refractivity (Wildman–Crippen MR) is 62.6 cm³/mol. The van der Waals surface area contributed by atoms with Crippen molar-refractivity contribution in [2.45, 2.75) is 17.7 Å². The number of aromatic nitrogens is 3. The van der Waals surface area contributed by atoms with E-state index < -0.39 is 11.7 Å². The fourth-order valence-electron chi connectivity index (χ4n) is 1.22. The minimum Gasteiger partial charge on any atom is -0.475 e. The van der Waals surface area contributed by atoms with E-state index in [0.29, 0.717) is 22.2 Å². The molecule has 0 spiro atoms. The van der Waals surface area contributed by atoms with Gasteiger partial charge in [-0.15, -0.1) is 0 Å². The second-order valence-electron chi connectivity index (χ2n) is 3.39. The number of nitrogens with one attached hydrogen (secondary N) is 1. The minimum absolute atomic E-state index is 0.112. The zero-order valence-corrected chi connectivity index (χ0v) is 10.2. The summed E-state index contributed by atoms with van der Waals surface area (Å²) < 4.78 is 5.08. The standard InChI is InChI=1S/C10H9N3O4S/c1-5-8(11-10(16)13-12-5)18-4-6-2-3-7(17-6)9(14)15/h2-3H,4H2,1H3,(H,14,15)(H,11,13,16). The molecular weight excluding hydrogens is 258 g/mol. The summed E-state index contributed by atoms with van der Waals surface area (Å²) in [5.41, 5.74) is 0.0818. The van der Waals surface area contributed by atoms with Crippen molar-refractivity contribution in [3.63, 3.8) is 0 Å². The highest BCUT2D eigenvalue weighted by Crippen LogP contribution is 2.22. The molecule has 0 fully saturated rings. The third-order valence-electron chi connectivity index (χ3n) is 2.06. The first-order valence-electron chi connectivity index (χ1n) is 4.94. The minimum atomic E-state index is -1.11. The Morgan fingerprint density at radius 3 is 3.00 bits per heavy atom. The maximum absolute atomic E-state index is 11.0. The third-order valence-corrected chi connectivity index (χ3v) is 3.14. The molecule has 8 heteroatoms. The zero-order chi connectivity index (χ0) is 13.1. The Hall–Kier alpha value is -2.09. The van der Waals surface area contributed by atoms with Crippen molar-refractivity contribution in [3.05, 3.63) is 39.8 Å². The maximum atomic E-state index is 11.0. The molecule has 7 nitrogen and oxygen atoms in total. The van der Waals surface area contributed by atoms with E-state index in [1.807, 2.05) is 0 Å². The normalized spacial score (nSPS) is 10.5. The second kappa shape index (κ2) is 5.05. The summed E-state index contributed by atoms with van der Waals surface area (Å²) in [5, 5.41) is 15.2. The molecule has 2 aromatic heterocycles. The van der Waals surface area contributed by atoms with Gasteiger partial charge in [0, 0.05) is 0 Å². The van der Waals surface area contributed by atoms with Crippen molar-refractivity contribution in [1.82, 2.24) is 15.2 Å². The summed E-state index contributed by atoms with van der Waals surface area (Å²) >= 11 is 1.26. The lowest BCUT2D eigenvalue weighted by Crippen LogP contribution is -2.14. The van der Waals surface area contributed by atoms with E-state index in [1.54, 1.807) is 13.0 Å². The Bertz CT molecular complexity index is 634. The maximum Gasteiger partial charge on any atom is 0.371 e.